The fraction of sp³-hybridized carbons (Fsp3) is 0.391. The van der Waals surface area contributed by atoms with E-state index in [2.05, 4.69) is 46.3 Å². The highest BCUT2D eigenvalue weighted by atomic mass is 15.3. The molecule has 1 N–H and O–H groups in total. The Kier molecular flexibility index (Phi) is 6.14. The molecule has 1 aliphatic rings. The number of fused-ring (bicyclic) bond motifs is 1. The first-order valence-corrected chi connectivity index (χ1v) is 10.3. The van der Waals surface area contributed by atoms with Crippen LogP contribution in [0.15, 0.2) is 54.6 Å². The minimum Gasteiger partial charge on any atom is -0.369 e. The molecular weight excluding hydrogens is 346 g/mol. The second kappa shape index (κ2) is 9.13. The number of piperazine rings is 1. The van der Waals surface area contributed by atoms with Gasteiger partial charge >= 0.3 is 0 Å². The lowest BCUT2D eigenvalue weighted by Crippen LogP contribution is -2.46. The second-order valence-corrected chi connectivity index (χ2v) is 7.34. The number of nitrogens with zero attached hydrogens (tertiary/aromatic N) is 4. The van der Waals surface area contributed by atoms with E-state index in [1.807, 2.05) is 30.3 Å². The standard InChI is InChI=1S/C23H29N5/c1-2-27-15-17-28(18-16-27)14-8-13-24-23-20-11-6-7-12-21(20)25-22(26-23)19-9-4-3-5-10-19/h3-7,9-12H,2,8,13-18H2,1H3,(H,24,25,26). The molecule has 0 saturated carbocycles. The lowest BCUT2D eigenvalue weighted by atomic mass is 10.2. The molecule has 2 aromatic carbocycles. The van der Waals surface area contributed by atoms with Crippen LogP contribution in [0, 0.1) is 0 Å². The van der Waals surface area contributed by atoms with Gasteiger partial charge in [-0.1, -0.05) is 49.4 Å². The first kappa shape index (κ1) is 18.8. The van der Waals surface area contributed by atoms with E-state index in [4.69, 9.17) is 9.97 Å². The molecule has 0 radical (unpaired) electrons. The Balaban J connectivity index is 1.42. The van der Waals surface area contributed by atoms with Crippen molar-refractivity contribution in [3.8, 4) is 11.4 Å². The predicted molar refractivity (Wildman–Crippen MR) is 117 cm³/mol. The van der Waals surface area contributed by atoms with E-state index in [1.54, 1.807) is 0 Å². The van der Waals surface area contributed by atoms with E-state index in [0.29, 0.717) is 0 Å². The summed E-state index contributed by atoms with van der Waals surface area (Å²) in [6.07, 6.45) is 1.12. The topological polar surface area (TPSA) is 44.3 Å². The zero-order valence-electron chi connectivity index (χ0n) is 16.6. The summed E-state index contributed by atoms with van der Waals surface area (Å²) in [7, 11) is 0. The van der Waals surface area contributed by atoms with E-state index in [0.717, 1.165) is 47.6 Å². The fourth-order valence-electron chi connectivity index (χ4n) is 3.77. The van der Waals surface area contributed by atoms with Gasteiger partial charge in [0.2, 0.25) is 0 Å². The van der Waals surface area contributed by atoms with Gasteiger partial charge in [0.25, 0.3) is 0 Å². The Labute approximate surface area is 167 Å². The summed E-state index contributed by atoms with van der Waals surface area (Å²) in [6, 6.07) is 18.4. The maximum Gasteiger partial charge on any atom is 0.162 e. The van der Waals surface area contributed by atoms with Crippen molar-refractivity contribution in [3.05, 3.63) is 54.6 Å². The molecular formula is C23H29N5. The summed E-state index contributed by atoms with van der Waals surface area (Å²) in [4.78, 5) is 14.7. The van der Waals surface area contributed by atoms with Crippen LogP contribution in [0.5, 0.6) is 0 Å². The first-order valence-electron chi connectivity index (χ1n) is 10.3. The van der Waals surface area contributed by atoms with Gasteiger partial charge in [-0.05, 0) is 31.6 Å². The minimum absolute atomic E-state index is 0.775. The fourth-order valence-corrected chi connectivity index (χ4v) is 3.77. The van der Waals surface area contributed by atoms with Crippen LogP contribution in [0.4, 0.5) is 5.82 Å². The van der Waals surface area contributed by atoms with Gasteiger partial charge in [0.05, 0.1) is 5.52 Å². The molecule has 0 aliphatic carbocycles. The molecule has 0 atom stereocenters. The monoisotopic (exact) mass is 375 g/mol. The SMILES string of the molecule is CCN1CCN(CCCNc2nc(-c3ccccc3)nc3ccccc23)CC1. The summed E-state index contributed by atoms with van der Waals surface area (Å²) in [5, 5.41) is 4.65. The summed E-state index contributed by atoms with van der Waals surface area (Å²) in [6.45, 7) is 10.2. The Morgan fingerprint density at radius 2 is 1.57 bits per heavy atom. The zero-order valence-corrected chi connectivity index (χ0v) is 16.6. The van der Waals surface area contributed by atoms with Crippen molar-refractivity contribution in [1.82, 2.24) is 19.8 Å². The molecule has 2 heterocycles. The number of anilines is 1. The lowest BCUT2D eigenvalue weighted by Gasteiger charge is -2.34. The van der Waals surface area contributed by atoms with Crippen LogP contribution in [0.2, 0.25) is 0 Å². The van der Waals surface area contributed by atoms with Crippen LogP contribution in [-0.2, 0) is 0 Å². The first-order chi connectivity index (χ1) is 13.8. The van der Waals surface area contributed by atoms with Crippen LogP contribution >= 0.6 is 0 Å². The molecule has 4 rings (SSSR count). The molecule has 1 aromatic heterocycles. The van der Waals surface area contributed by atoms with E-state index in [9.17, 15) is 0 Å². The average Bonchev–Trinajstić information content (AvgIpc) is 2.77. The van der Waals surface area contributed by atoms with Gasteiger partial charge in [-0.15, -0.1) is 0 Å². The van der Waals surface area contributed by atoms with Gasteiger partial charge in [-0.3, -0.25) is 0 Å². The summed E-state index contributed by atoms with van der Waals surface area (Å²) < 4.78 is 0. The number of nitrogens with one attached hydrogen (secondary N) is 1. The maximum atomic E-state index is 4.83. The van der Waals surface area contributed by atoms with Crippen molar-refractivity contribution in [2.24, 2.45) is 0 Å². The third-order valence-corrected chi connectivity index (χ3v) is 5.49. The molecule has 1 aliphatic heterocycles. The van der Waals surface area contributed by atoms with Crippen LogP contribution in [0.3, 0.4) is 0 Å². The molecule has 0 unspecified atom stereocenters. The van der Waals surface area contributed by atoms with Crippen molar-refractivity contribution >= 4 is 16.7 Å². The maximum absolute atomic E-state index is 4.83. The second-order valence-electron chi connectivity index (χ2n) is 7.34. The van der Waals surface area contributed by atoms with Crippen LogP contribution in [0.1, 0.15) is 13.3 Å². The lowest BCUT2D eigenvalue weighted by molar-refractivity contribution is 0.137. The van der Waals surface area contributed by atoms with Crippen LogP contribution in [-0.4, -0.2) is 65.6 Å². The highest BCUT2D eigenvalue weighted by molar-refractivity contribution is 5.90. The Bertz CT molecular complexity index is 888. The third kappa shape index (κ3) is 4.49. The molecule has 3 aromatic rings. The van der Waals surface area contributed by atoms with Gasteiger partial charge in [-0.2, -0.15) is 0 Å². The van der Waals surface area contributed by atoms with Crippen molar-refractivity contribution in [2.45, 2.75) is 13.3 Å². The molecule has 5 heteroatoms. The van der Waals surface area contributed by atoms with Gasteiger partial charge in [0.1, 0.15) is 5.82 Å². The van der Waals surface area contributed by atoms with Crippen molar-refractivity contribution in [1.29, 1.82) is 0 Å². The molecule has 0 spiro atoms. The molecule has 1 fully saturated rings. The number of aromatic nitrogens is 2. The number of para-hydroxylation sites is 1. The summed E-state index contributed by atoms with van der Waals surface area (Å²) in [5.41, 5.74) is 2.03. The van der Waals surface area contributed by atoms with E-state index in [1.165, 1.54) is 32.7 Å². The van der Waals surface area contributed by atoms with Crippen LogP contribution < -0.4 is 5.32 Å². The smallest absolute Gasteiger partial charge is 0.162 e. The number of hydrogen-bond acceptors (Lipinski definition) is 5. The molecule has 146 valence electrons. The normalized spacial score (nSPS) is 15.8. The molecule has 0 amide bonds. The number of likely N-dealkylation sites (N-methyl/N-ethyl adjacent to an activating group) is 1. The Hall–Kier alpha value is -2.50. The number of hydrogen-bond donors (Lipinski definition) is 1. The number of rotatable bonds is 7. The molecule has 5 nitrogen and oxygen atoms in total. The van der Waals surface area contributed by atoms with Gasteiger partial charge in [0.15, 0.2) is 5.82 Å². The van der Waals surface area contributed by atoms with Gasteiger partial charge in [-0.25, -0.2) is 9.97 Å². The van der Waals surface area contributed by atoms with E-state index >= 15 is 0 Å². The summed E-state index contributed by atoms with van der Waals surface area (Å²) in [5.74, 6) is 1.71. The van der Waals surface area contributed by atoms with Crippen molar-refractivity contribution in [3.63, 3.8) is 0 Å². The van der Waals surface area contributed by atoms with Crippen molar-refractivity contribution < 1.29 is 0 Å². The zero-order chi connectivity index (χ0) is 19.2. The summed E-state index contributed by atoms with van der Waals surface area (Å²) >= 11 is 0. The highest BCUT2D eigenvalue weighted by Gasteiger charge is 2.15. The van der Waals surface area contributed by atoms with E-state index < -0.39 is 0 Å². The van der Waals surface area contributed by atoms with Gasteiger partial charge in [0, 0.05) is 43.7 Å². The highest BCUT2D eigenvalue weighted by Crippen LogP contribution is 2.24. The predicted octanol–water partition coefficient (Wildman–Crippen LogP) is 3.74. The van der Waals surface area contributed by atoms with Gasteiger partial charge < -0.3 is 15.1 Å². The number of benzene rings is 2. The Morgan fingerprint density at radius 3 is 2.36 bits per heavy atom. The van der Waals surface area contributed by atoms with Crippen LogP contribution in [0.25, 0.3) is 22.3 Å². The molecule has 0 bridgehead atoms. The minimum atomic E-state index is 0.775. The third-order valence-electron chi connectivity index (χ3n) is 5.49. The quantitative estimate of drug-likeness (QED) is 0.638. The molecule has 1 saturated heterocycles. The largest absolute Gasteiger partial charge is 0.369 e. The Morgan fingerprint density at radius 1 is 0.857 bits per heavy atom. The average molecular weight is 376 g/mol. The van der Waals surface area contributed by atoms with E-state index in [-0.39, 0.29) is 0 Å². The van der Waals surface area contributed by atoms with Crippen molar-refractivity contribution in [2.75, 3.05) is 51.1 Å². The molecule has 28 heavy (non-hydrogen) atoms.